The van der Waals surface area contributed by atoms with Crippen LogP contribution in [0.2, 0.25) is 0 Å². The number of rotatable bonds is 7. The molecule has 1 unspecified atom stereocenters. The summed E-state index contributed by atoms with van der Waals surface area (Å²) in [5.41, 5.74) is 11.5. The molecule has 0 saturated carbocycles. The number of esters is 1. The number of nitrogens with zero attached hydrogens (tertiary/aromatic N) is 1. The molecule has 7 heteroatoms. The maximum Gasteiger partial charge on any atom is 0.343 e. The number of hydrogen-bond donors (Lipinski definition) is 1. The molecule has 1 aliphatic heterocycles. The SMILES string of the molecule is COc1cc(C2C(C#N)=C(N)Oc3cc(OC(=O)c4cccc(C)c4)ccc32)ccc1OCc1ccc(C)cc1. The van der Waals surface area contributed by atoms with Crippen molar-refractivity contribution in [1.29, 1.82) is 5.26 Å². The van der Waals surface area contributed by atoms with Crippen molar-refractivity contribution in [2.24, 2.45) is 5.73 Å². The zero-order chi connectivity index (χ0) is 28.2. The minimum atomic E-state index is -0.518. The van der Waals surface area contributed by atoms with Crippen LogP contribution < -0.4 is 24.7 Å². The van der Waals surface area contributed by atoms with E-state index < -0.39 is 11.9 Å². The molecule has 2 N–H and O–H groups in total. The van der Waals surface area contributed by atoms with Crippen molar-refractivity contribution in [2.75, 3.05) is 7.11 Å². The number of allylic oxidation sites excluding steroid dienone is 1. The zero-order valence-electron chi connectivity index (χ0n) is 22.4. The van der Waals surface area contributed by atoms with Gasteiger partial charge in [0.25, 0.3) is 0 Å². The molecule has 0 aromatic heterocycles. The first-order valence-corrected chi connectivity index (χ1v) is 12.7. The second-order valence-corrected chi connectivity index (χ2v) is 9.57. The number of fused-ring (bicyclic) bond motifs is 1. The molecule has 0 bridgehead atoms. The summed E-state index contributed by atoms with van der Waals surface area (Å²) in [6.45, 7) is 4.33. The van der Waals surface area contributed by atoms with Crippen LogP contribution in [0.3, 0.4) is 0 Å². The quantitative estimate of drug-likeness (QED) is 0.219. The molecular formula is C33H28N2O5. The smallest absolute Gasteiger partial charge is 0.343 e. The average molecular weight is 533 g/mol. The molecule has 4 aromatic rings. The lowest BCUT2D eigenvalue weighted by molar-refractivity contribution is 0.0734. The Hall–Kier alpha value is -5.22. The number of methoxy groups -OCH3 is 1. The number of nitriles is 1. The van der Waals surface area contributed by atoms with Crippen molar-refractivity contribution in [3.63, 3.8) is 0 Å². The monoisotopic (exact) mass is 532 g/mol. The summed E-state index contributed by atoms with van der Waals surface area (Å²) in [7, 11) is 1.57. The van der Waals surface area contributed by atoms with Gasteiger partial charge in [-0.05, 0) is 55.3 Å². The highest BCUT2D eigenvalue weighted by Crippen LogP contribution is 2.45. The van der Waals surface area contributed by atoms with Gasteiger partial charge in [-0.25, -0.2) is 4.79 Å². The minimum absolute atomic E-state index is 0.0131. The van der Waals surface area contributed by atoms with E-state index in [9.17, 15) is 10.1 Å². The Balaban J connectivity index is 1.43. The van der Waals surface area contributed by atoms with E-state index in [1.165, 1.54) is 5.56 Å². The van der Waals surface area contributed by atoms with E-state index in [-0.39, 0.29) is 11.5 Å². The lowest BCUT2D eigenvalue weighted by Gasteiger charge is -2.27. The molecule has 0 radical (unpaired) electrons. The van der Waals surface area contributed by atoms with Gasteiger partial charge in [0, 0.05) is 11.6 Å². The topological polar surface area (TPSA) is 104 Å². The van der Waals surface area contributed by atoms with Crippen molar-refractivity contribution in [3.8, 4) is 29.1 Å². The summed E-state index contributed by atoms with van der Waals surface area (Å²) >= 11 is 0. The van der Waals surface area contributed by atoms with Crippen molar-refractivity contribution in [1.82, 2.24) is 0 Å². The lowest BCUT2D eigenvalue weighted by atomic mass is 9.83. The molecule has 0 amide bonds. The predicted molar refractivity (Wildman–Crippen MR) is 150 cm³/mol. The van der Waals surface area contributed by atoms with Crippen LogP contribution in [-0.2, 0) is 6.61 Å². The first-order valence-electron chi connectivity index (χ1n) is 12.7. The lowest BCUT2D eigenvalue weighted by Crippen LogP contribution is -2.21. The third-order valence-electron chi connectivity index (χ3n) is 6.69. The van der Waals surface area contributed by atoms with Gasteiger partial charge in [-0.3, -0.25) is 0 Å². The van der Waals surface area contributed by atoms with Crippen LogP contribution in [0.1, 0.15) is 44.1 Å². The molecule has 0 fully saturated rings. The Kier molecular flexibility index (Phi) is 7.43. The van der Waals surface area contributed by atoms with Crippen LogP contribution in [0.25, 0.3) is 0 Å². The highest BCUT2D eigenvalue weighted by atomic mass is 16.5. The summed E-state index contributed by atoms with van der Waals surface area (Å²) < 4.78 is 23.1. The van der Waals surface area contributed by atoms with Crippen LogP contribution in [0.15, 0.2) is 96.4 Å². The zero-order valence-corrected chi connectivity index (χ0v) is 22.4. The fourth-order valence-corrected chi connectivity index (χ4v) is 4.61. The highest BCUT2D eigenvalue weighted by molar-refractivity contribution is 5.91. The normalized spacial score (nSPS) is 14.0. The van der Waals surface area contributed by atoms with Gasteiger partial charge >= 0.3 is 5.97 Å². The van der Waals surface area contributed by atoms with Crippen molar-refractivity contribution in [2.45, 2.75) is 26.4 Å². The van der Waals surface area contributed by atoms with E-state index in [0.29, 0.717) is 40.7 Å². The molecule has 5 rings (SSSR count). The summed E-state index contributed by atoms with van der Waals surface area (Å²) in [4.78, 5) is 12.7. The minimum Gasteiger partial charge on any atom is -0.493 e. The summed E-state index contributed by atoms with van der Waals surface area (Å²) in [5.74, 6) is 0.786. The second kappa shape index (κ2) is 11.3. The molecule has 200 valence electrons. The molecule has 0 saturated heterocycles. The van der Waals surface area contributed by atoms with Crippen molar-refractivity contribution >= 4 is 5.97 Å². The Morgan fingerprint density at radius 3 is 2.48 bits per heavy atom. The number of benzene rings is 4. The van der Waals surface area contributed by atoms with E-state index in [1.807, 2.05) is 62.4 Å². The van der Waals surface area contributed by atoms with Gasteiger partial charge in [0.1, 0.15) is 29.7 Å². The van der Waals surface area contributed by atoms with Crippen LogP contribution in [0.5, 0.6) is 23.0 Å². The number of aryl methyl sites for hydroxylation is 2. The van der Waals surface area contributed by atoms with Gasteiger partial charge in [-0.2, -0.15) is 5.26 Å². The number of ether oxygens (including phenoxy) is 4. The molecular weight excluding hydrogens is 504 g/mol. The predicted octanol–water partition coefficient (Wildman–Crippen LogP) is 6.33. The van der Waals surface area contributed by atoms with E-state index in [4.69, 9.17) is 24.7 Å². The van der Waals surface area contributed by atoms with Crippen LogP contribution in [-0.4, -0.2) is 13.1 Å². The van der Waals surface area contributed by atoms with E-state index in [1.54, 1.807) is 43.5 Å². The first kappa shape index (κ1) is 26.4. The largest absolute Gasteiger partial charge is 0.493 e. The van der Waals surface area contributed by atoms with E-state index in [0.717, 1.165) is 16.7 Å². The Bertz CT molecular complexity index is 1650. The number of hydrogen-bond acceptors (Lipinski definition) is 7. The molecule has 0 spiro atoms. The summed E-state index contributed by atoms with van der Waals surface area (Å²) in [6, 6.07) is 28.1. The first-order chi connectivity index (χ1) is 19.4. The molecule has 1 heterocycles. The third-order valence-corrected chi connectivity index (χ3v) is 6.69. The Morgan fingerprint density at radius 2 is 1.75 bits per heavy atom. The maximum absolute atomic E-state index is 12.7. The van der Waals surface area contributed by atoms with Crippen LogP contribution in [0.4, 0.5) is 0 Å². The standard InChI is InChI=1S/C33H28N2O5/c1-20-7-9-22(10-8-20)19-38-28-14-11-23(16-30(28)37-3)31-26-13-12-25(17-29(26)40-32(35)27(31)18-34)39-33(36)24-6-4-5-21(2)15-24/h4-17,31H,19,35H2,1-3H3. The van der Waals surface area contributed by atoms with Gasteiger partial charge in [-0.1, -0.05) is 59.7 Å². The Labute approximate surface area is 233 Å². The molecule has 0 aliphatic carbocycles. The number of carbonyl (C=O) groups excluding carboxylic acids is 1. The summed E-state index contributed by atoms with van der Waals surface area (Å²) in [5, 5.41) is 9.96. The molecule has 1 aliphatic rings. The van der Waals surface area contributed by atoms with Crippen LogP contribution >= 0.6 is 0 Å². The van der Waals surface area contributed by atoms with Crippen molar-refractivity contribution < 1.29 is 23.7 Å². The van der Waals surface area contributed by atoms with Gasteiger partial charge in [0.15, 0.2) is 11.5 Å². The van der Waals surface area contributed by atoms with E-state index in [2.05, 4.69) is 6.07 Å². The van der Waals surface area contributed by atoms with Crippen molar-refractivity contribution in [3.05, 3.63) is 130 Å². The van der Waals surface area contributed by atoms with Crippen LogP contribution in [0, 0.1) is 25.2 Å². The number of nitrogens with two attached hydrogens (primary N) is 1. The molecule has 40 heavy (non-hydrogen) atoms. The molecule has 4 aromatic carbocycles. The van der Waals surface area contributed by atoms with Gasteiger partial charge in [0.05, 0.1) is 18.6 Å². The second-order valence-electron chi connectivity index (χ2n) is 9.57. The Morgan fingerprint density at radius 1 is 0.950 bits per heavy atom. The van der Waals surface area contributed by atoms with Gasteiger partial charge in [-0.15, -0.1) is 0 Å². The number of carbonyl (C=O) groups is 1. The maximum atomic E-state index is 12.7. The van der Waals surface area contributed by atoms with Gasteiger partial charge < -0.3 is 24.7 Å². The average Bonchev–Trinajstić information content (AvgIpc) is 2.96. The highest BCUT2D eigenvalue weighted by Gasteiger charge is 2.32. The van der Waals surface area contributed by atoms with Gasteiger partial charge in [0.2, 0.25) is 5.88 Å². The molecule has 1 atom stereocenters. The third kappa shape index (κ3) is 5.47. The fourth-order valence-electron chi connectivity index (χ4n) is 4.61. The fraction of sp³-hybridized carbons (Fsp3) is 0.152. The van der Waals surface area contributed by atoms with E-state index >= 15 is 0 Å². The summed E-state index contributed by atoms with van der Waals surface area (Å²) in [6.07, 6.45) is 0. The molecule has 7 nitrogen and oxygen atoms in total.